The zero-order valence-corrected chi connectivity index (χ0v) is 11.4. The fraction of sp³-hybridized carbons (Fsp3) is 0.125. The fourth-order valence-electron chi connectivity index (χ4n) is 2.39. The topological polar surface area (TPSA) is 51.0 Å². The van der Waals surface area contributed by atoms with E-state index in [4.69, 9.17) is 10.5 Å². The maximum Gasteiger partial charge on any atom is 0.162 e. The quantitative estimate of drug-likeness (QED) is 0.775. The molecule has 1 atom stereocenters. The van der Waals surface area contributed by atoms with Gasteiger partial charge in [-0.15, -0.1) is 0 Å². The van der Waals surface area contributed by atoms with Crippen LogP contribution in [0.1, 0.15) is 17.3 Å². The molecule has 0 aliphatic heterocycles. The highest BCUT2D eigenvalue weighted by Crippen LogP contribution is 2.31. The third kappa shape index (κ3) is 2.36. The monoisotopic (exact) mass is 288 g/mol. The molecule has 0 amide bonds. The first-order valence-corrected chi connectivity index (χ1v) is 6.46. The van der Waals surface area contributed by atoms with Gasteiger partial charge >= 0.3 is 0 Å². The summed E-state index contributed by atoms with van der Waals surface area (Å²) in [6.45, 7) is 0. The average Bonchev–Trinajstić information content (AvgIpc) is 2.92. The molecule has 2 aromatic carbocycles. The number of ether oxygens (including phenoxy) is 1. The summed E-state index contributed by atoms with van der Waals surface area (Å²) in [5.41, 5.74) is 8.21. The molecule has 0 spiro atoms. The van der Waals surface area contributed by atoms with Gasteiger partial charge in [0.05, 0.1) is 13.2 Å². The number of H-pyrrole nitrogens is 1. The van der Waals surface area contributed by atoms with Crippen LogP contribution in [0.3, 0.4) is 0 Å². The SMILES string of the molecule is COc1cc(F)c(F)cc1[C@@H](N)c1cc2ccccc2[nH]1. The molecule has 0 unspecified atom stereocenters. The molecule has 3 N–H and O–H groups in total. The van der Waals surface area contributed by atoms with E-state index in [1.807, 2.05) is 30.3 Å². The summed E-state index contributed by atoms with van der Waals surface area (Å²) in [5.74, 6) is -1.68. The molecule has 108 valence electrons. The number of nitrogens with one attached hydrogen (secondary N) is 1. The Bertz CT molecular complexity index is 765. The summed E-state index contributed by atoms with van der Waals surface area (Å²) in [4.78, 5) is 3.18. The summed E-state index contributed by atoms with van der Waals surface area (Å²) >= 11 is 0. The summed E-state index contributed by atoms with van der Waals surface area (Å²) in [6, 6.07) is 11.0. The van der Waals surface area contributed by atoms with Crippen molar-refractivity contribution in [2.45, 2.75) is 6.04 Å². The molecule has 3 nitrogen and oxygen atoms in total. The van der Waals surface area contributed by atoms with Crippen molar-refractivity contribution in [2.24, 2.45) is 5.73 Å². The second-order valence-corrected chi connectivity index (χ2v) is 4.80. The van der Waals surface area contributed by atoms with Crippen molar-refractivity contribution in [3.63, 3.8) is 0 Å². The lowest BCUT2D eigenvalue weighted by molar-refractivity contribution is 0.398. The second-order valence-electron chi connectivity index (χ2n) is 4.80. The predicted molar refractivity (Wildman–Crippen MR) is 77.2 cm³/mol. The lowest BCUT2D eigenvalue weighted by Gasteiger charge is -2.15. The lowest BCUT2D eigenvalue weighted by atomic mass is 10.0. The van der Waals surface area contributed by atoms with Crippen molar-refractivity contribution in [3.8, 4) is 5.75 Å². The maximum atomic E-state index is 13.5. The van der Waals surface area contributed by atoms with Crippen LogP contribution in [0.4, 0.5) is 8.78 Å². The van der Waals surface area contributed by atoms with Gasteiger partial charge in [-0.3, -0.25) is 0 Å². The van der Waals surface area contributed by atoms with Crippen LogP contribution in [-0.2, 0) is 0 Å². The molecule has 3 aromatic rings. The Kier molecular flexibility index (Phi) is 3.35. The second kappa shape index (κ2) is 5.18. The van der Waals surface area contributed by atoms with E-state index in [1.165, 1.54) is 7.11 Å². The van der Waals surface area contributed by atoms with Crippen LogP contribution in [-0.4, -0.2) is 12.1 Å². The molecule has 21 heavy (non-hydrogen) atoms. The largest absolute Gasteiger partial charge is 0.496 e. The van der Waals surface area contributed by atoms with Crippen LogP contribution in [0.25, 0.3) is 10.9 Å². The number of rotatable bonds is 3. The van der Waals surface area contributed by atoms with E-state index in [-0.39, 0.29) is 5.75 Å². The van der Waals surface area contributed by atoms with E-state index in [9.17, 15) is 8.78 Å². The van der Waals surface area contributed by atoms with Crippen LogP contribution in [0.15, 0.2) is 42.5 Å². The van der Waals surface area contributed by atoms with E-state index in [2.05, 4.69) is 4.98 Å². The van der Waals surface area contributed by atoms with Crippen molar-refractivity contribution in [2.75, 3.05) is 7.11 Å². The molecule has 1 aromatic heterocycles. The van der Waals surface area contributed by atoms with Gasteiger partial charge in [-0.1, -0.05) is 18.2 Å². The van der Waals surface area contributed by atoms with Crippen molar-refractivity contribution in [3.05, 3.63) is 65.4 Å². The van der Waals surface area contributed by atoms with E-state index >= 15 is 0 Å². The first-order valence-electron chi connectivity index (χ1n) is 6.46. The van der Waals surface area contributed by atoms with Crippen molar-refractivity contribution in [1.29, 1.82) is 0 Å². The van der Waals surface area contributed by atoms with E-state index < -0.39 is 17.7 Å². The Morgan fingerprint density at radius 2 is 1.81 bits per heavy atom. The zero-order valence-electron chi connectivity index (χ0n) is 11.4. The van der Waals surface area contributed by atoms with Crippen molar-refractivity contribution >= 4 is 10.9 Å². The first-order chi connectivity index (χ1) is 10.1. The zero-order chi connectivity index (χ0) is 15.0. The molecule has 0 aliphatic rings. The molecular formula is C16H14F2N2O. The maximum absolute atomic E-state index is 13.5. The van der Waals surface area contributed by atoms with Gasteiger partial charge in [0.1, 0.15) is 5.75 Å². The molecule has 0 bridgehead atoms. The van der Waals surface area contributed by atoms with E-state index in [0.29, 0.717) is 11.3 Å². The van der Waals surface area contributed by atoms with Gasteiger partial charge in [-0.05, 0) is 23.6 Å². The third-order valence-electron chi connectivity index (χ3n) is 3.49. The third-order valence-corrected chi connectivity index (χ3v) is 3.49. The van der Waals surface area contributed by atoms with Crippen LogP contribution < -0.4 is 10.5 Å². The summed E-state index contributed by atoms with van der Waals surface area (Å²) in [5, 5.41) is 1.00. The highest BCUT2D eigenvalue weighted by Gasteiger charge is 2.19. The number of nitrogens with two attached hydrogens (primary N) is 1. The molecular weight excluding hydrogens is 274 g/mol. The predicted octanol–water partition coefficient (Wildman–Crippen LogP) is 3.50. The van der Waals surface area contributed by atoms with E-state index in [1.54, 1.807) is 0 Å². The number of para-hydroxylation sites is 1. The number of benzene rings is 2. The molecule has 0 radical (unpaired) electrons. The highest BCUT2D eigenvalue weighted by molar-refractivity contribution is 5.80. The smallest absolute Gasteiger partial charge is 0.162 e. The van der Waals surface area contributed by atoms with Crippen LogP contribution >= 0.6 is 0 Å². The van der Waals surface area contributed by atoms with Crippen LogP contribution in [0, 0.1) is 11.6 Å². The normalized spacial score (nSPS) is 12.6. The first kappa shape index (κ1) is 13.6. The van der Waals surface area contributed by atoms with Gasteiger partial charge in [0.15, 0.2) is 11.6 Å². The highest BCUT2D eigenvalue weighted by atomic mass is 19.2. The van der Waals surface area contributed by atoms with Gasteiger partial charge < -0.3 is 15.5 Å². The number of aromatic nitrogens is 1. The number of methoxy groups -OCH3 is 1. The molecule has 0 aliphatic carbocycles. The van der Waals surface area contributed by atoms with E-state index in [0.717, 1.165) is 23.0 Å². The number of fused-ring (bicyclic) bond motifs is 1. The Balaban J connectivity index is 2.09. The van der Waals surface area contributed by atoms with Gasteiger partial charge in [0.25, 0.3) is 0 Å². The molecule has 1 heterocycles. The number of halogens is 2. The molecule has 0 saturated carbocycles. The number of hydrogen-bond donors (Lipinski definition) is 2. The Morgan fingerprint density at radius 1 is 1.10 bits per heavy atom. The fourth-order valence-corrected chi connectivity index (χ4v) is 2.39. The van der Waals surface area contributed by atoms with Crippen LogP contribution in [0.5, 0.6) is 5.75 Å². The summed E-state index contributed by atoms with van der Waals surface area (Å²) < 4.78 is 31.9. The van der Waals surface area contributed by atoms with Gasteiger partial charge in [0, 0.05) is 22.8 Å². The minimum Gasteiger partial charge on any atom is -0.496 e. The van der Waals surface area contributed by atoms with Gasteiger partial charge in [-0.2, -0.15) is 0 Å². The minimum atomic E-state index is -0.959. The molecule has 3 rings (SSSR count). The standard InChI is InChI=1S/C16H14F2N2O/c1-21-15-8-12(18)11(17)7-10(15)16(19)14-6-9-4-2-3-5-13(9)20-14/h2-8,16,20H,19H2,1H3/t16-/m1/s1. The molecule has 0 saturated heterocycles. The van der Waals surface area contributed by atoms with Gasteiger partial charge in [-0.25, -0.2) is 8.78 Å². The minimum absolute atomic E-state index is 0.222. The Morgan fingerprint density at radius 3 is 2.52 bits per heavy atom. The van der Waals surface area contributed by atoms with Gasteiger partial charge in [0.2, 0.25) is 0 Å². The Labute approximate surface area is 120 Å². The summed E-state index contributed by atoms with van der Waals surface area (Å²) in [6.07, 6.45) is 0. The van der Waals surface area contributed by atoms with Crippen molar-refractivity contribution in [1.82, 2.24) is 4.98 Å². The lowest BCUT2D eigenvalue weighted by Crippen LogP contribution is -2.14. The van der Waals surface area contributed by atoms with Crippen LogP contribution in [0.2, 0.25) is 0 Å². The molecule has 0 fully saturated rings. The summed E-state index contributed by atoms with van der Waals surface area (Å²) in [7, 11) is 1.40. The molecule has 5 heteroatoms. The van der Waals surface area contributed by atoms with Crippen molar-refractivity contribution < 1.29 is 13.5 Å². The number of hydrogen-bond acceptors (Lipinski definition) is 2. The average molecular weight is 288 g/mol. The number of aromatic amines is 1. The Hall–Kier alpha value is -2.40.